The molecule has 2 N–H and O–H groups in total. The van der Waals surface area contributed by atoms with Gasteiger partial charge in [0.2, 0.25) is 5.95 Å². The number of fused-ring (bicyclic) bond motifs is 1. The zero-order valence-electron chi connectivity index (χ0n) is 11.1. The largest absolute Gasteiger partial charge is 0.369 e. The first-order valence-corrected chi connectivity index (χ1v) is 6.58. The molecule has 4 heteroatoms. The van der Waals surface area contributed by atoms with Gasteiger partial charge in [0.05, 0.1) is 11.0 Å². The van der Waals surface area contributed by atoms with Crippen LogP contribution in [0.2, 0.25) is 0 Å². The fourth-order valence-electron chi connectivity index (χ4n) is 2.96. The number of nitrogen functional groups attached to an aromatic ring is 1. The van der Waals surface area contributed by atoms with Crippen molar-refractivity contribution >= 4 is 17.0 Å². The topological polar surface area (TPSA) is 47.1 Å². The number of piperidine rings is 1. The molecule has 0 atom stereocenters. The van der Waals surface area contributed by atoms with Crippen molar-refractivity contribution in [2.24, 2.45) is 0 Å². The number of benzene rings is 1. The molecule has 1 fully saturated rings. The Kier molecular flexibility index (Phi) is 2.74. The number of likely N-dealkylation sites (tertiary alicyclic amines) is 1. The number of hydrogen-bond donors (Lipinski definition) is 1. The van der Waals surface area contributed by atoms with Crippen LogP contribution in [0.4, 0.5) is 5.95 Å². The summed E-state index contributed by atoms with van der Waals surface area (Å²) in [5.41, 5.74) is 9.62. The van der Waals surface area contributed by atoms with Crippen molar-refractivity contribution in [2.75, 3.05) is 25.9 Å². The minimum absolute atomic E-state index is 0.493. The fourth-order valence-corrected chi connectivity index (χ4v) is 2.96. The number of nitrogens with two attached hydrogens (primary N) is 1. The summed E-state index contributed by atoms with van der Waals surface area (Å²) in [6, 6.07) is 6.72. The molecule has 0 amide bonds. The molecule has 1 saturated heterocycles. The van der Waals surface area contributed by atoms with Crippen LogP contribution in [0.1, 0.15) is 24.4 Å². The lowest BCUT2D eigenvalue weighted by molar-refractivity contribution is 0.225. The molecule has 0 saturated carbocycles. The molecule has 0 bridgehead atoms. The maximum Gasteiger partial charge on any atom is 0.201 e. The maximum atomic E-state index is 6.13. The van der Waals surface area contributed by atoms with Crippen molar-refractivity contribution < 1.29 is 0 Å². The number of aromatic nitrogens is 2. The van der Waals surface area contributed by atoms with Crippen molar-refractivity contribution in [1.82, 2.24) is 14.5 Å². The van der Waals surface area contributed by atoms with Crippen LogP contribution in [0.3, 0.4) is 0 Å². The normalized spacial score (nSPS) is 18.6. The second-order valence-corrected chi connectivity index (χ2v) is 5.32. The van der Waals surface area contributed by atoms with E-state index in [1.54, 1.807) is 0 Å². The third-order valence-corrected chi connectivity index (χ3v) is 3.99. The van der Waals surface area contributed by atoms with Gasteiger partial charge in [-0.15, -0.1) is 0 Å². The Morgan fingerprint density at radius 1 is 1.28 bits per heavy atom. The molecule has 3 rings (SSSR count). The number of hydrogen-bond acceptors (Lipinski definition) is 3. The Hall–Kier alpha value is -1.55. The molecule has 18 heavy (non-hydrogen) atoms. The van der Waals surface area contributed by atoms with Gasteiger partial charge in [-0.1, -0.05) is 12.1 Å². The number of imidazole rings is 1. The van der Waals surface area contributed by atoms with Crippen molar-refractivity contribution in [1.29, 1.82) is 0 Å². The summed E-state index contributed by atoms with van der Waals surface area (Å²) in [5, 5.41) is 0. The van der Waals surface area contributed by atoms with Gasteiger partial charge in [0.15, 0.2) is 0 Å². The van der Waals surface area contributed by atoms with Crippen LogP contribution < -0.4 is 5.73 Å². The molecule has 0 aliphatic carbocycles. The van der Waals surface area contributed by atoms with E-state index in [0.29, 0.717) is 12.0 Å². The summed E-state index contributed by atoms with van der Waals surface area (Å²) in [7, 11) is 2.18. The fraction of sp³-hybridized carbons (Fsp3) is 0.500. The van der Waals surface area contributed by atoms with Gasteiger partial charge in [0, 0.05) is 6.04 Å². The van der Waals surface area contributed by atoms with Gasteiger partial charge in [-0.25, -0.2) is 4.98 Å². The molecule has 0 unspecified atom stereocenters. The van der Waals surface area contributed by atoms with Crippen LogP contribution in [-0.4, -0.2) is 34.6 Å². The lowest BCUT2D eigenvalue weighted by Crippen LogP contribution is -2.31. The van der Waals surface area contributed by atoms with E-state index in [9.17, 15) is 0 Å². The van der Waals surface area contributed by atoms with Gasteiger partial charge in [-0.05, 0) is 51.5 Å². The van der Waals surface area contributed by atoms with Crippen LogP contribution in [0, 0.1) is 6.92 Å². The van der Waals surface area contributed by atoms with Crippen LogP contribution >= 0.6 is 0 Å². The third kappa shape index (κ3) is 1.77. The van der Waals surface area contributed by atoms with E-state index in [1.165, 1.54) is 11.1 Å². The lowest BCUT2D eigenvalue weighted by Gasteiger charge is -2.30. The van der Waals surface area contributed by atoms with E-state index in [2.05, 4.69) is 34.5 Å². The molecule has 1 aromatic heterocycles. The first-order chi connectivity index (χ1) is 8.66. The first-order valence-electron chi connectivity index (χ1n) is 6.58. The van der Waals surface area contributed by atoms with E-state index < -0.39 is 0 Å². The zero-order chi connectivity index (χ0) is 12.7. The second-order valence-electron chi connectivity index (χ2n) is 5.32. The minimum atomic E-state index is 0.493. The van der Waals surface area contributed by atoms with Crippen LogP contribution in [0.5, 0.6) is 0 Å². The summed E-state index contributed by atoms with van der Waals surface area (Å²) in [4.78, 5) is 6.87. The summed E-state index contributed by atoms with van der Waals surface area (Å²) < 4.78 is 2.25. The molecule has 96 valence electrons. The van der Waals surface area contributed by atoms with Crippen molar-refractivity contribution in [2.45, 2.75) is 25.8 Å². The predicted molar refractivity (Wildman–Crippen MR) is 74.7 cm³/mol. The van der Waals surface area contributed by atoms with E-state index in [0.717, 1.165) is 31.4 Å². The Morgan fingerprint density at radius 2 is 2.00 bits per heavy atom. The Bertz CT molecular complexity index is 564. The van der Waals surface area contributed by atoms with E-state index >= 15 is 0 Å². The average Bonchev–Trinajstić information content (AvgIpc) is 2.68. The van der Waals surface area contributed by atoms with E-state index in [-0.39, 0.29) is 0 Å². The molecule has 1 aliphatic rings. The molecular formula is C14H20N4. The highest BCUT2D eigenvalue weighted by atomic mass is 15.2. The molecule has 0 radical (unpaired) electrons. The van der Waals surface area contributed by atoms with Gasteiger partial charge < -0.3 is 15.2 Å². The van der Waals surface area contributed by atoms with Crippen molar-refractivity contribution in [3.05, 3.63) is 23.8 Å². The third-order valence-electron chi connectivity index (χ3n) is 3.99. The van der Waals surface area contributed by atoms with Gasteiger partial charge in [-0.2, -0.15) is 0 Å². The van der Waals surface area contributed by atoms with Crippen molar-refractivity contribution in [3.8, 4) is 0 Å². The Labute approximate surface area is 107 Å². The van der Waals surface area contributed by atoms with Crippen LogP contribution in [0.25, 0.3) is 11.0 Å². The standard InChI is InChI=1S/C14H20N4/c1-10-4-3-5-12-13(10)18(14(15)16-12)11-6-8-17(2)9-7-11/h3-5,11H,6-9H2,1-2H3,(H2,15,16). The maximum absolute atomic E-state index is 6.13. The summed E-state index contributed by atoms with van der Waals surface area (Å²) >= 11 is 0. The molecule has 2 heterocycles. The summed E-state index contributed by atoms with van der Waals surface area (Å²) in [6.07, 6.45) is 2.31. The van der Waals surface area contributed by atoms with Gasteiger partial charge >= 0.3 is 0 Å². The van der Waals surface area contributed by atoms with Gasteiger partial charge in [0.25, 0.3) is 0 Å². The Morgan fingerprint density at radius 3 is 2.72 bits per heavy atom. The minimum Gasteiger partial charge on any atom is -0.369 e. The predicted octanol–water partition coefficient (Wildman–Crippen LogP) is 2.19. The van der Waals surface area contributed by atoms with E-state index in [4.69, 9.17) is 5.73 Å². The van der Waals surface area contributed by atoms with Crippen molar-refractivity contribution in [3.63, 3.8) is 0 Å². The highest BCUT2D eigenvalue weighted by Gasteiger charge is 2.22. The lowest BCUT2D eigenvalue weighted by atomic mass is 10.0. The molecule has 4 nitrogen and oxygen atoms in total. The average molecular weight is 244 g/mol. The van der Waals surface area contributed by atoms with Gasteiger partial charge in [-0.3, -0.25) is 0 Å². The quantitative estimate of drug-likeness (QED) is 0.836. The Balaban J connectivity index is 2.08. The SMILES string of the molecule is Cc1cccc2nc(N)n(C3CCN(C)CC3)c12. The number of aryl methyl sites for hydroxylation is 1. The highest BCUT2D eigenvalue weighted by molar-refractivity contribution is 5.81. The highest BCUT2D eigenvalue weighted by Crippen LogP contribution is 2.30. The molecule has 1 aliphatic heterocycles. The van der Waals surface area contributed by atoms with Crippen LogP contribution in [-0.2, 0) is 0 Å². The monoisotopic (exact) mass is 244 g/mol. The van der Waals surface area contributed by atoms with E-state index in [1.807, 2.05) is 12.1 Å². The molecule has 1 aromatic carbocycles. The smallest absolute Gasteiger partial charge is 0.201 e. The van der Waals surface area contributed by atoms with Crippen LogP contribution in [0.15, 0.2) is 18.2 Å². The summed E-state index contributed by atoms with van der Waals surface area (Å²) in [5.74, 6) is 0.661. The zero-order valence-corrected chi connectivity index (χ0v) is 11.1. The number of para-hydroxylation sites is 1. The molecule has 0 spiro atoms. The first kappa shape index (κ1) is 11.5. The number of anilines is 1. The molecular weight excluding hydrogens is 224 g/mol. The van der Waals surface area contributed by atoms with Gasteiger partial charge in [0.1, 0.15) is 0 Å². The summed E-state index contributed by atoms with van der Waals surface area (Å²) in [6.45, 7) is 4.40. The number of rotatable bonds is 1. The second kappa shape index (κ2) is 4.28. The number of nitrogens with zero attached hydrogens (tertiary/aromatic N) is 3. The molecule has 2 aromatic rings.